The molecule has 0 unspecified atom stereocenters. The van der Waals surface area contributed by atoms with Crippen LogP contribution in [-0.2, 0) is 6.54 Å². The zero-order valence-electron chi connectivity index (χ0n) is 10.4. The highest BCUT2D eigenvalue weighted by Crippen LogP contribution is 2.07. The minimum absolute atomic E-state index is 0.0268. The van der Waals surface area contributed by atoms with E-state index in [1.165, 1.54) is 10.7 Å². The highest BCUT2D eigenvalue weighted by molar-refractivity contribution is 5.15. The van der Waals surface area contributed by atoms with Crippen LogP contribution >= 0.6 is 0 Å². The standard InChI is InChI=1S/C11H18N4O2/c1-9(7-12-11(2,3)4)8-14-6-5-10(13-14)15(16)17/h5-6,12H,1,7-8H2,2-4H3. The Kier molecular flexibility index (Phi) is 4.01. The summed E-state index contributed by atoms with van der Waals surface area (Å²) in [6, 6.07) is 1.38. The summed E-state index contributed by atoms with van der Waals surface area (Å²) in [6.07, 6.45) is 1.58. The van der Waals surface area contributed by atoms with Gasteiger partial charge in [0.1, 0.15) is 0 Å². The first-order valence-electron chi connectivity index (χ1n) is 5.37. The van der Waals surface area contributed by atoms with Gasteiger partial charge in [0.2, 0.25) is 0 Å². The summed E-state index contributed by atoms with van der Waals surface area (Å²) in [5.74, 6) is -0.137. The molecule has 0 fully saturated rings. The molecule has 94 valence electrons. The quantitative estimate of drug-likeness (QED) is 0.481. The van der Waals surface area contributed by atoms with Crippen LogP contribution in [0.4, 0.5) is 5.82 Å². The third-order valence-corrected chi connectivity index (χ3v) is 2.07. The zero-order valence-corrected chi connectivity index (χ0v) is 10.4. The summed E-state index contributed by atoms with van der Waals surface area (Å²) in [5.41, 5.74) is 0.955. The fourth-order valence-corrected chi connectivity index (χ4v) is 1.21. The van der Waals surface area contributed by atoms with Crippen LogP contribution in [0.1, 0.15) is 20.8 Å². The minimum atomic E-state index is -0.507. The van der Waals surface area contributed by atoms with Crippen molar-refractivity contribution in [2.75, 3.05) is 6.54 Å². The molecule has 1 N–H and O–H groups in total. The first kappa shape index (κ1) is 13.4. The Hall–Kier alpha value is -1.69. The Labute approximate surface area is 100 Å². The van der Waals surface area contributed by atoms with Crippen LogP contribution in [0.3, 0.4) is 0 Å². The largest absolute Gasteiger partial charge is 0.389 e. The molecule has 0 radical (unpaired) electrons. The molecular formula is C11H18N4O2. The minimum Gasteiger partial charge on any atom is -0.358 e. The first-order valence-corrected chi connectivity index (χ1v) is 5.37. The second kappa shape index (κ2) is 5.09. The Balaban J connectivity index is 2.48. The molecule has 0 aliphatic heterocycles. The topological polar surface area (TPSA) is 73.0 Å². The maximum absolute atomic E-state index is 10.5. The van der Waals surface area contributed by atoms with E-state index in [-0.39, 0.29) is 11.4 Å². The predicted octanol–water partition coefficient (Wildman–Crippen LogP) is 1.74. The Bertz CT molecular complexity index is 417. The van der Waals surface area contributed by atoms with E-state index in [9.17, 15) is 10.1 Å². The van der Waals surface area contributed by atoms with Crippen LogP contribution in [0.15, 0.2) is 24.4 Å². The van der Waals surface area contributed by atoms with Gasteiger partial charge in [-0.15, -0.1) is 0 Å². The average Bonchev–Trinajstić information content (AvgIpc) is 2.62. The molecule has 0 spiro atoms. The number of rotatable bonds is 5. The summed E-state index contributed by atoms with van der Waals surface area (Å²) in [6.45, 7) is 11.3. The molecule has 0 saturated carbocycles. The smallest absolute Gasteiger partial charge is 0.358 e. The molecule has 0 aromatic carbocycles. The van der Waals surface area contributed by atoms with Gasteiger partial charge in [-0.05, 0) is 31.3 Å². The Morgan fingerprint density at radius 2 is 2.29 bits per heavy atom. The maximum Gasteiger partial charge on any atom is 0.389 e. The van der Waals surface area contributed by atoms with E-state index < -0.39 is 4.92 Å². The third kappa shape index (κ3) is 4.78. The van der Waals surface area contributed by atoms with Crippen molar-refractivity contribution in [3.8, 4) is 0 Å². The number of nitro groups is 1. The summed E-state index contributed by atoms with van der Waals surface area (Å²) >= 11 is 0. The van der Waals surface area contributed by atoms with Gasteiger partial charge in [-0.2, -0.15) is 4.68 Å². The molecule has 6 heteroatoms. The second-order valence-electron chi connectivity index (χ2n) is 4.98. The van der Waals surface area contributed by atoms with E-state index in [4.69, 9.17) is 0 Å². The molecule has 17 heavy (non-hydrogen) atoms. The van der Waals surface area contributed by atoms with Gasteiger partial charge in [-0.3, -0.25) is 0 Å². The molecule has 0 amide bonds. The summed E-state index contributed by atoms with van der Waals surface area (Å²) < 4.78 is 1.52. The van der Waals surface area contributed by atoms with Gasteiger partial charge in [0, 0.05) is 12.1 Å². The van der Waals surface area contributed by atoms with Crippen molar-refractivity contribution in [2.24, 2.45) is 0 Å². The summed E-state index contributed by atoms with van der Waals surface area (Å²) in [4.78, 5) is 9.94. The van der Waals surface area contributed by atoms with Gasteiger partial charge in [0.25, 0.3) is 0 Å². The van der Waals surface area contributed by atoms with E-state index in [0.29, 0.717) is 13.1 Å². The van der Waals surface area contributed by atoms with Gasteiger partial charge in [-0.25, -0.2) is 0 Å². The molecule has 6 nitrogen and oxygen atoms in total. The number of hydrogen-bond donors (Lipinski definition) is 1. The van der Waals surface area contributed by atoms with E-state index in [1.807, 2.05) is 0 Å². The maximum atomic E-state index is 10.5. The number of nitrogens with one attached hydrogen (secondary N) is 1. The van der Waals surface area contributed by atoms with Crippen LogP contribution in [-0.4, -0.2) is 26.8 Å². The van der Waals surface area contributed by atoms with Gasteiger partial charge in [0.15, 0.2) is 0 Å². The number of hydrogen-bond acceptors (Lipinski definition) is 4. The first-order chi connectivity index (χ1) is 7.78. The van der Waals surface area contributed by atoms with Crippen LogP contribution < -0.4 is 5.32 Å². The summed E-state index contributed by atoms with van der Waals surface area (Å²) in [5, 5.41) is 17.6. The lowest BCUT2D eigenvalue weighted by Gasteiger charge is -2.21. The average molecular weight is 238 g/mol. The Morgan fingerprint density at radius 3 is 2.76 bits per heavy atom. The lowest BCUT2D eigenvalue weighted by atomic mass is 10.1. The number of aromatic nitrogens is 2. The molecule has 1 heterocycles. The van der Waals surface area contributed by atoms with Gasteiger partial charge >= 0.3 is 5.82 Å². The van der Waals surface area contributed by atoms with Crippen molar-refractivity contribution in [2.45, 2.75) is 32.9 Å². The van der Waals surface area contributed by atoms with Crippen molar-refractivity contribution >= 4 is 5.82 Å². The van der Waals surface area contributed by atoms with Crippen LogP contribution in [0.25, 0.3) is 0 Å². The van der Waals surface area contributed by atoms with Gasteiger partial charge < -0.3 is 15.4 Å². The van der Waals surface area contributed by atoms with Crippen molar-refractivity contribution < 1.29 is 4.92 Å². The molecular weight excluding hydrogens is 220 g/mol. The van der Waals surface area contributed by atoms with E-state index in [2.05, 4.69) is 37.8 Å². The second-order valence-corrected chi connectivity index (χ2v) is 4.98. The molecule has 0 saturated heterocycles. The molecule has 0 aliphatic carbocycles. The van der Waals surface area contributed by atoms with Crippen molar-refractivity contribution in [3.05, 3.63) is 34.5 Å². The monoisotopic (exact) mass is 238 g/mol. The normalized spacial score (nSPS) is 11.5. The van der Waals surface area contributed by atoms with Crippen molar-refractivity contribution in [1.82, 2.24) is 15.1 Å². The van der Waals surface area contributed by atoms with E-state index >= 15 is 0 Å². The van der Waals surface area contributed by atoms with E-state index in [0.717, 1.165) is 5.57 Å². The van der Waals surface area contributed by atoms with Gasteiger partial charge in [-0.1, -0.05) is 6.58 Å². The summed E-state index contributed by atoms with van der Waals surface area (Å²) in [7, 11) is 0. The molecule has 0 aliphatic rings. The number of nitrogens with zero attached hydrogens (tertiary/aromatic N) is 3. The molecule has 0 bridgehead atoms. The fourth-order valence-electron chi connectivity index (χ4n) is 1.21. The molecule has 1 rings (SSSR count). The van der Waals surface area contributed by atoms with Gasteiger partial charge in [0.05, 0.1) is 23.9 Å². The highest BCUT2D eigenvalue weighted by Gasteiger charge is 2.12. The fraction of sp³-hybridized carbons (Fsp3) is 0.545. The lowest BCUT2D eigenvalue weighted by molar-refractivity contribution is -0.389. The van der Waals surface area contributed by atoms with Crippen molar-refractivity contribution in [1.29, 1.82) is 0 Å². The highest BCUT2D eigenvalue weighted by atomic mass is 16.6. The molecule has 1 aromatic rings. The zero-order chi connectivity index (χ0) is 13.1. The van der Waals surface area contributed by atoms with E-state index in [1.54, 1.807) is 6.20 Å². The SMILES string of the molecule is C=C(CNC(C)(C)C)Cn1ccc([N+](=O)[O-])n1. The lowest BCUT2D eigenvalue weighted by Crippen LogP contribution is -2.37. The van der Waals surface area contributed by atoms with Crippen LogP contribution in [0.2, 0.25) is 0 Å². The molecule has 1 aromatic heterocycles. The van der Waals surface area contributed by atoms with Crippen LogP contribution in [0, 0.1) is 10.1 Å². The molecule has 0 atom stereocenters. The third-order valence-electron chi connectivity index (χ3n) is 2.07. The van der Waals surface area contributed by atoms with Crippen LogP contribution in [0.5, 0.6) is 0 Å². The van der Waals surface area contributed by atoms with Crippen molar-refractivity contribution in [3.63, 3.8) is 0 Å². The predicted molar refractivity (Wildman–Crippen MR) is 65.8 cm³/mol. The Morgan fingerprint density at radius 1 is 1.65 bits per heavy atom.